The first kappa shape index (κ1) is 20.4. The van der Waals surface area contributed by atoms with Gasteiger partial charge in [0.15, 0.2) is 0 Å². The van der Waals surface area contributed by atoms with Gasteiger partial charge in [0.25, 0.3) is 0 Å². The zero-order valence-electron chi connectivity index (χ0n) is 15.9. The van der Waals surface area contributed by atoms with Gasteiger partial charge >= 0.3 is 6.18 Å². The number of rotatable bonds is 6. The van der Waals surface area contributed by atoms with E-state index in [1.807, 2.05) is 12.2 Å². The predicted molar refractivity (Wildman–Crippen MR) is 102 cm³/mol. The summed E-state index contributed by atoms with van der Waals surface area (Å²) >= 11 is 0. The van der Waals surface area contributed by atoms with E-state index in [1.54, 1.807) is 13.2 Å². The minimum atomic E-state index is -4.10. The summed E-state index contributed by atoms with van der Waals surface area (Å²) in [4.78, 5) is 16.2. The average Bonchev–Trinajstić information content (AvgIpc) is 3.50. The number of amides is 1. The van der Waals surface area contributed by atoms with Crippen LogP contribution in [0.25, 0.3) is 6.08 Å². The fourth-order valence-corrected chi connectivity index (χ4v) is 3.67. The van der Waals surface area contributed by atoms with Gasteiger partial charge in [-0.1, -0.05) is 18.7 Å². The molecule has 0 unspecified atom stereocenters. The molecule has 0 radical (unpaired) electrons. The number of anilines is 1. The molecule has 152 valence electrons. The minimum Gasteiger partial charge on any atom is -0.494 e. The monoisotopic (exact) mass is 394 g/mol. The Morgan fingerprint density at radius 3 is 2.46 bits per heavy atom. The highest BCUT2D eigenvalue weighted by atomic mass is 19.4. The highest BCUT2D eigenvalue weighted by Crippen LogP contribution is 2.45. The number of alkyl halides is 3. The molecule has 0 saturated heterocycles. The zero-order chi connectivity index (χ0) is 20.3. The Morgan fingerprint density at radius 1 is 1.25 bits per heavy atom. The largest absolute Gasteiger partial charge is 0.494 e. The van der Waals surface area contributed by atoms with Crippen molar-refractivity contribution < 1.29 is 22.7 Å². The molecule has 1 aromatic rings. The molecule has 28 heavy (non-hydrogen) atoms. The zero-order valence-corrected chi connectivity index (χ0v) is 15.9. The summed E-state index contributed by atoms with van der Waals surface area (Å²) in [5, 5.41) is 2.68. The van der Waals surface area contributed by atoms with Gasteiger partial charge in [0.05, 0.1) is 18.7 Å². The van der Waals surface area contributed by atoms with E-state index in [2.05, 4.69) is 16.9 Å². The fourth-order valence-electron chi connectivity index (χ4n) is 3.67. The van der Waals surface area contributed by atoms with Crippen LogP contribution in [0.5, 0.6) is 5.75 Å². The first-order valence-corrected chi connectivity index (χ1v) is 9.59. The van der Waals surface area contributed by atoms with Crippen LogP contribution >= 0.6 is 0 Å². The quantitative estimate of drug-likeness (QED) is 0.651. The van der Waals surface area contributed by atoms with Gasteiger partial charge in [-0.2, -0.15) is 13.2 Å². The number of aromatic nitrogens is 1. The predicted octanol–water partition coefficient (Wildman–Crippen LogP) is 5.47. The van der Waals surface area contributed by atoms with E-state index in [0.29, 0.717) is 30.3 Å². The second kappa shape index (κ2) is 8.37. The molecule has 1 aromatic heterocycles. The molecule has 0 aromatic carbocycles. The summed E-state index contributed by atoms with van der Waals surface area (Å²) in [5.74, 6) is -0.0288. The lowest BCUT2D eigenvalue weighted by atomic mass is 9.81. The number of halogens is 3. The van der Waals surface area contributed by atoms with E-state index >= 15 is 0 Å². The molecule has 0 atom stereocenters. The van der Waals surface area contributed by atoms with Crippen LogP contribution in [0.15, 0.2) is 24.8 Å². The Bertz CT molecular complexity index is 762. The summed E-state index contributed by atoms with van der Waals surface area (Å²) in [6.45, 7) is 3.45. The van der Waals surface area contributed by atoms with Gasteiger partial charge in [-0.3, -0.25) is 4.79 Å². The molecule has 0 bridgehead atoms. The maximum Gasteiger partial charge on any atom is 0.391 e. The van der Waals surface area contributed by atoms with Crippen molar-refractivity contribution in [2.24, 2.45) is 11.8 Å². The number of nitrogens with one attached hydrogen (secondary N) is 1. The molecule has 3 rings (SSSR count). The highest BCUT2D eigenvalue weighted by molar-refractivity contribution is 5.98. The van der Waals surface area contributed by atoms with Gasteiger partial charge < -0.3 is 10.1 Å². The Morgan fingerprint density at radius 2 is 1.93 bits per heavy atom. The van der Waals surface area contributed by atoms with Crippen molar-refractivity contribution in [1.29, 1.82) is 0 Å². The van der Waals surface area contributed by atoms with Crippen molar-refractivity contribution in [3.63, 3.8) is 0 Å². The van der Waals surface area contributed by atoms with Crippen molar-refractivity contribution in [3.05, 3.63) is 36.1 Å². The lowest BCUT2D eigenvalue weighted by Crippen LogP contribution is -2.27. The van der Waals surface area contributed by atoms with Crippen LogP contribution < -0.4 is 10.1 Å². The van der Waals surface area contributed by atoms with E-state index < -0.39 is 12.1 Å². The van der Waals surface area contributed by atoms with Crippen LogP contribution in [0.4, 0.5) is 19.0 Å². The molecule has 2 aliphatic carbocycles. The molecule has 0 aliphatic heterocycles. The van der Waals surface area contributed by atoms with Gasteiger partial charge in [-0.05, 0) is 56.6 Å². The Kier molecular flexibility index (Phi) is 6.10. The Hall–Kier alpha value is -2.31. The van der Waals surface area contributed by atoms with Gasteiger partial charge in [-0.15, -0.1) is 0 Å². The maximum absolute atomic E-state index is 12.8. The second-order valence-corrected chi connectivity index (χ2v) is 7.50. The van der Waals surface area contributed by atoms with Crippen LogP contribution in [-0.4, -0.2) is 24.2 Å². The number of carbonyl (C=O) groups is 1. The van der Waals surface area contributed by atoms with E-state index in [0.717, 1.165) is 24.1 Å². The highest BCUT2D eigenvalue weighted by Gasteiger charge is 2.41. The third kappa shape index (κ3) is 4.94. The number of nitrogens with zero attached hydrogens (tertiary/aromatic N) is 1. The average molecular weight is 394 g/mol. The van der Waals surface area contributed by atoms with Crippen LogP contribution in [0.1, 0.15) is 55.7 Å². The standard InChI is InChI=1S/C21H25F3N2O2/c1-3-18(27)25-17-12-15(20(28-2)19(26-17)14-8-9-14)7-4-13-5-10-16(11-6-13)21(22,23)24/h3-4,7,12-14,16H,1,5-6,8-11H2,2H3,(H,25,26,27)/b7-4+/t13-,16-. The normalized spacial score (nSPS) is 22.9. The SMILES string of the molecule is C=CC(=O)Nc1cc(/C=C/[C@H]2CC[C@H](C(F)(F)F)CC2)c(OC)c(C2CC2)n1. The number of ether oxygens (including phenoxy) is 1. The lowest BCUT2D eigenvalue weighted by molar-refractivity contribution is -0.183. The molecule has 2 fully saturated rings. The van der Waals surface area contributed by atoms with Crippen LogP contribution in [0.2, 0.25) is 0 Å². The Balaban J connectivity index is 1.79. The van der Waals surface area contributed by atoms with Crippen molar-refractivity contribution in [2.45, 2.75) is 50.6 Å². The summed E-state index contributed by atoms with van der Waals surface area (Å²) < 4.78 is 44.1. The Labute approximate surface area is 162 Å². The smallest absolute Gasteiger partial charge is 0.391 e. The fraction of sp³-hybridized carbons (Fsp3) is 0.524. The topological polar surface area (TPSA) is 51.2 Å². The van der Waals surface area contributed by atoms with Crippen molar-refractivity contribution in [1.82, 2.24) is 4.98 Å². The van der Waals surface area contributed by atoms with Crippen LogP contribution in [-0.2, 0) is 4.79 Å². The van der Waals surface area contributed by atoms with E-state index in [9.17, 15) is 18.0 Å². The van der Waals surface area contributed by atoms with Gasteiger partial charge in [-0.25, -0.2) is 4.98 Å². The van der Waals surface area contributed by atoms with Gasteiger partial charge in [0.1, 0.15) is 11.6 Å². The van der Waals surface area contributed by atoms with Gasteiger partial charge in [0, 0.05) is 11.5 Å². The lowest BCUT2D eigenvalue weighted by Gasteiger charge is -2.28. The molecule has 2 aliphatic rings. The third-order valence-electron chi connectivity index (χ3n) is 5.42. The van der Waals surface area contributed by atoms with E-state index in [-0.39, 0.29) is 24.7 Å². The van der Waals surface area contributed by atoms with E-state index in [1.165, 1.54) is 6.08 Å². The molecule has 1 amide bonds. The van der Waals surface area contributed by atoms with Crippen molar-refractivity contribution in [3.8, 4) is 5.75 Å². The maximum atomic E-state index is 12.8. The van der Waals surface area contributed by atoms with Crippen molar-refractivity contribution in [2.75, 3.05) is 12.4 Å². The number of allylic oxidation sites excluding steroid dienone is 1. The first-order chi connectivity index (χ1) is 13.3. The number of hydrogen-bond acceptors (Lipinski definition) is 3. The second-order valence-electron chi connectivity index (χ2n) is 7.50. The summed E-state index contributed by atoms with van der Waals surface area (Å²) in [6.07, 6.45) is 4.33. The first-order valence-electron chi connectivity index (χ1n) is 9.59. The molecule has 1 N–H and O–H groups in total. The molecular formula is C21H25F3N2O2. The molecule has 7 heteroatoms. The summed E-state index contributed by atoms with van der Waals surface area (Å²) in [7, 11) is 1.58. The molecule has 2 saturated carbocycles. The molecular weight excluding hydrogens is 369 g/mol. The minimum absolute atomic E-state index is 0.104. The number of pyridine rings is 1. The summed E-state index contributed by atoms with van der Waals surface area (Å²) in [5.41, 5.74) is 1.58. The number of hydrogen-bond donors (Lipinski definition) is 1. The third-order valence-corrected chi connectivity index (χ3v) is 5.42. The van der Waals surface area contributed by atoms with Crippen molar-refractivity contribution >= 4 is 17.8 Å². The van der Waals surface area contributed by atoms with Crippen LogP contribution in [0, 0.1) is 11.8 Å². The number of carbonyl (C=O) groups excluding carboxylic acids is 1. The van der Waals surface area contributed by atoms with Gasteiger partial charge in [0.2, 0.25) is 5.91 Å². The molecule has 1 heterocycles. The molecule has 0 spiro atoms. The molecule has 4 nitrogen and oxygen atoms in total. The number of methoxy groups -OCH3 is 1. The van der Waals surface area contributed by atoms with E-state index in [4.69, 9.17) is 4.74 Å². The summed E-state index contributed by atoms with van der Waals surface area (Å²) in [6, 6.07) is 1.73. The van der Waals surface area contributed by atoms with Crippen LogP contribution in [0.3, 0.4) is 0 Å².